The number of rotatable bonds is 9. The Labute approximate surface area is 202 Å². The van der Waals surface area contributed by atoms with Crippen LogP contribution >= 0.6 is 0 Å². The van der Waals surface area contributed by atoms with Crippen molar-refractivity contribution in [3.63, 3.8) is 0 Å². The van der Waals surface area contributed by atoms with E-state index in [1.54, 1.807) is 37.4 Å². The smallest absolute Gasteiger partial charge is 0.323 e. The fourth-order valence-electron chi connectivity index (χ4n) is 3.91. The van der Waals surface area contributed by atoms with E-state index in [1.165, 1.54) is 7.05 Å². The molecule has 184 valence electrons. The summed E-state index contributed by atoms with van der Waals surface area (Å²) in [5, 5.41) is 16.3. The fraction of sp³-hybridized carbons (Fsp3) is 0.360. The van der Waals surface area contributed by atoms with Crippen molar-refractivity contribution >= 4 is 11.9 Å². The van der Waals surface area contributed by atoms with Gasteiger partial charge in [0.15, 0.2) is 11.5 Å². The highest BCUT2D eigenvalue weighted by Gasteiger charge is 2.22. The Hall–Kier alpha value is -3.92. The monoisotopic (exact) mass is 480 g/mol. The molecule has 1 saturated heterocycles. The minimum Gasteiger partial charge on any atom is -0.493 e. The van der Waals surface area contributed by atoms with E-state index in [-0.39, 0.29) is 25.0 Å². The summed E-state index contributed by atoms with van der Waals surface area (Å²) in [6.07, 6.45) is 1.96. The average Bonchev–Trinajstić information content (AvgIpc) is 3.38. The summed E-state index contributed by atoms with van der Waals surface area (Å²) in [5.74, 6) is 1.13. The van der Waals surface area contributed by atoms with Gasteiger partial charge in [-0.1, -0.05) is 17.3 Å². The van der Waals surface area contributed by atoms with Gasteiger partial charge >= 0.3 is 5.97 Å². The van der Waals surface area contributed by atoms with Crippen molar-refractivity contribution in [3.8, 4) is 22.9 Å². The van der Waals surface area contributed by atoms with Crippen LogP contribution in [0.1, 0.15) is 40.6 Å². The van der Waals surface area contributed by atoms with Crippen LogP contribution in [0.5, 0.6) is 11.5 Å². The first kappa shape index (κ1) is 24.2. The molecule has 3 aromatic rings. The molecule has 1 aromatic heterocycles. The van der Waals surface area contributed by atoms with Crippen molar-refractivity contribution in [1.29, 1.82) is 0 Å². The molecular formula is C25H28N4O6. The SMILES string of the molecule is COc1cc(-c2noc(C3CCNCC3)n2)ccc1OCc1ccc(C(=O)N(C)CC(=O)O)cc1. The standard InChI is InChI=1S/C25H28N4O6/c1-29(14-22(30)31)25(32)18-5-3-16(4-6-18)15-34-20-8-7-19(13-21(20)33-2)23-27-24(35-28-23)17-9-11-26-12-10-17/h3-8,13,17,26H,9-12,14-15H2,1-2H3,(H,30,31). The number of benzene rings is 2. The lowest BCUT2D eigenvalue weighted by Gasteiger charge is -2.18. The van der Waals surface area contributed by atoms with Gasteiger partial charge in [0, 0.05) is 24.1 Å². The number of likely N-dealkylation sites (N-methyl/N-ethyl adjacent to an activating group) is 1. The number of amides is 1. The van der Waals surface area contributed by atoms with Gasteiger partial charge in [0.1, 0.15) is 13.2 Å². The largest absolute Gasteiger partial charge is 0.493 e. The first-order valence-electron chi connectivity index (χ1n) is 11.4. The van der Waals surface area contributed by atoms with Crippen molar-refractivity contribution in [3.05, 3.63) is 59.5 Å². The first-order chi connectivity index (χ1) is 16.9. The summed E-state index contributed by atoms with van der Waals surface area (Å²) in [4.78, 5) is 28.8. The van der Waals surface area contributed by atoms with Crippen molar-refractivity contribution in [2.45, 2.75) is 25.4 Å². The quantitative estimate of drug-likeness (QED) is 0.475. The number of aromatic nitrogens is 2. The Morgan fingerprint density at radius 2 is 1.89 bits per heavy atom. The second kappa shape index (κ2) is 11.0. The van der Waals surface area contributed by atoms with Gasteiger partial charge in [-0.15, -0.1) is 0 Å². The van der Waals surface area contributed by atoms with Crippen LogP contribution in [-0.2, 0) is 11.4 Å². The summed E-state index contributed by atoms with van der Waals surface area (Å²) in [5.41, 5.74) is 2.02. The molecule has 0 unspecified atom stereocenters. The molecule has 2 N–H and O–H groups in total. The third kappa shape index (κ3) is 5.96. The van der Waals surface area contributed by atoms with Gasteiger partial charge in [-0.25, -0.2) is 0 Å². The van der Waals surface area contributed by atoms with Crippen LogP contribution < -0.4 is 14.8 Å². The van der Waals surface area contributed by atoms with E-state index < -0.39 is 5.97 Å². The van der Waals surface area contributed by atoms with Gasteiger partial charge in [0.05, 0.1) is 7.11 Å². The molecule has 10 nitrogen and oxygen atoms in total. The Balaban J connectivity index is 1.40. The number of methoxy groups -OCH3 is 1. The molecule has 0 radical (unpaired) electrons. The molecule has 0 atom stereocenters. The average molecular weight is 481 g/mol. The number of ether oxygens (including phenoxy) is 2. The minimum absolute atomic E-state index is 0.261. The molecule has 0 spiro atoms. The first-order valence-corrected chi connectivity index (χ1v) is 11.4. The molecule has 0 bridgehead atoms. The Bertz CT molecular complexity index is 1170. The van der Waals surface area contributed by atoms with Crippen LogP contribution in [-0.4, -0.2) is 65.8 Å². The number of piperidine rings is 1. The maximum atomic E-state index is 12.3. The van der Waals surface area contributed by atoms with E-state index in [2.05, 4.69) is 15.5 Å². The van der Waals surface area contributed by atoms with E-state index >= 15 is 0 Å². The number of nitrogens with one attached hydrogen (secondary N) is 1. The minimum atomic E-state index is -1.06. The van der Waals surface area contributed by atoms with Crippen LogP contribution in [0, 0.1) is 0 Å². The zero-order valence-corrected chi connectivity index (χ0v) is 19.7. The van der Waals surface area contributed by atoms with Gasteiger partial charge in [-0.05, 0) is 61.8 Å². The highest BCUT2D eigenvalue weighted by molar-refractivity contribution is 5.95. The summed E-state index contributed by atoms with van der Waals surface area (Å²) < 4.78 is 17.0. The predicted octanol–water partition coefficient (Wildman–Crippen LogP) is 2.95. The zero-order chi connectivity index (χ0) is 24.8. The molecule has 1 fully saturated rings. The third-order valence-corrected chi connectivity index (χ3v) is 5.87. The molecular weight excluding hydrogens is 452 g/mol. The number of carboxylic acid groups (broad SMARTS) is 1. The van der Waals surface area contributed by atoms with Crippen molar-refractivity contribution < 1.29 is 28.7 Å². The van der Waals surface area contributed by atoms with Crippen LogP contribution in [0.2, 0.25) is 0 Å². The molecule has 1 aliphatic rings. The molecule has 2 aromatic carbocycles. The van der Waals surface area contributed by atoms with Gasteiger partial charge in [0.25, 0.3) is 5.91 Å². The summed E-state index contributed by atoms with van der Waals surface area (Å²) in [6, 6.07) is 12.3. The second-order valence-electron chi connectivity index (χ2n) is 8.39. The maximum absolute atomic E-state index is 12.3. The second-order valence-corrected chi connectivity index (χ2v) is 8.39. The molecule has 0 aliphatic carbocycles. The molecule has 0 saturated carbocycles. The summed E-state index contributed by atoms with van der Waals surface area (Å²) >= 11 is 0. The molecule has 4 rings (SSSR count). The molecule has 10 heteroatoms. The van der Waals surface area contributed by atoms with E-state index in [4.69, 9.17) is 19.1 Å². The number of carbonyl (C=O) groups excluding carboxylic acids is 1. The van der Waals surface area contributed by atoms with E-state index in [0.717, 1.165) is 42.0 Å². The number of carboxylic acids is 1. The van der Waals surface area contributed by atoms with Crippen LogP contribution in [0.25, 0.3) is 11.4 Å². The maximum Gasteiger partial charge on any atom is 0.323 e. The topological polar surface area (TPSA) is 127 Å². The number of hydrogen-bond donors (Lipinski definition) is 2. The Morgan fingerprint density at radius 3 is 2.57 bits per heavy atom. The predicted molar refractivity (Wildman–Crippen MR) is 127 cm³/mol. The van der Waals surface area contributed by atoms with Crippen molar-refractivity contribution in [2.75, 3.05) is 33.8 Å². The van der Waals surface area contributed by atoms with E-state index in [1.807, 2.05) is 12.1 Å². The third-order valence-electron chi connectivity index (χ3n) is 5.87. The van der Waals surface area contributed by atoms with Gasteiger partial charge < -0.3 is 29.3 Å². The lowest BCUT2D eigenvalue weighted by atomic mass is 9.98. The van der Waals surface area contributed by atoms with Crippen LogP contribution in [0.15, 0.2) is 47.0 Å². The van der Waals surface area contributed by atoms with Gasteiger partial charge in [-0.2, -0.15) is 4.98 Å². The van der Waals surface area contributed by atoms with Crippen LogP contribution in [0.4, 0.5) is 0 Å². The fourth-order valence-corrected chi connectivity index (χ4v) is 3.91. The normalized spacial score (nSPS) is 13.9. The number of aliphatic carboxylic acids is 1. The number of hydrogen-bond acceptors (Lipinski definition) is 8. The lowest BCUT2D eigenvalue weighted by Crippen LogP contribution is -2.31. The molecule has 35 heavy (non-hydrogen) atoms. The molecule has 2 heterocycles. The highest BCUT2D eigenvalue weighted by atomic mass is 16.5. The Morgan fingerprint density at radius 1 is 1.14 bits per heavy atom. The number of carbonyl (C=O) groups is 2. The van der Waals surface area contributed by atoms with Gasteiger partial charge in [-0.3, -0.25) is 9.59 Å². The summed E-state index contributed by atoms with van der Waals surface area (Å²) in [7, 11) is 3.02. The van der Waals surface area contributed by atoms with E-state index in [0.29, 0.717) is 28.8 Å². The molecule has 1 aliphatic heterocycles. The Kier molecular flexibility index (Phi) is 7.61. The lowest BCUT2D eigenvalue weighted by molar-refractivity contribution is -0.137. The van der Waals surface area contributed by atoms with Crippen LogP contribution in [0.3, 0.4) is 0 Å². The molecule has 1 amide bonds. The number of nitrogens with zero attached hydrogens (tertiary/aromatic N) is 3. The highest BCUT2D eigenvalue weighted by Crippen LogP contribution is 2.33. The zero-order valence-electron chi connectivity index (χ0n) is 19.7. The van der Waals surface area contributed by atoms with Gasteiger partial charge in [0.2, 0.25) is 11.7 Å². The summed E-state index contributed by atoms with van der Waals surface area (Å²) in [6.45, 7) is 1.80. The van der Waals surface area contributed by atoms with E-state index in [9.17, 15) is 9.59 Å². The van der Waals surface area contributed by atoms with Crippen molar-refractivity contribution in [2.24, 2.45) is 0 Å². The van der Waals surface area contributed by atoms with Crippen molar-refractivity contribution in [1.82, 2.24) is 20.4 Å².